The molecule has 0 fully saturated rings. The van der Waals surface area contributed by atoms with Gasteiger partial charge in [0.2, 0.25) is 0 Å². The summed E-state index contributed by atoms with van der Waals surface area (Å²) >= 11 is 0. The number of carbonyl (C=O) groups excluding carboxylic acids is 1. The zero-order valence-corrected chi connectivity index (χ0v) is 14.8. The lowest BCUT2D eigenvalue weighted by molar-refractivity contribution is 0.0952. The molecule has 0 aliphatic rings. The molecule has 0 atom stereocenters. The Bertz CT molecular complexity index is 876. The van der Waals surface area contributed by atoms with Crippen molar-refractivity contribution in [1.82, 2.24) is 25.2 Å². The first-order valence-electron chi connectivity index (χ1n) is 8.16. The largest absolute Gasteiger partial charge is 0.361 e. The molecule has 0 bridgehead atoms. The number of hydrogen-bond donors (Lipinski definition) is 1. The topological polar surface area (TPSA) is 85.8 Å². The summed E-state index contributed by atoms with van der Waals surface area (Å²) in [7, 11) is 0. The van der Waals surface area contributed by atoms with Crippen LogP contribution in [0.5, 0.6) is 0 Å². The van der Waals surface area contributed by atoms with Crippen LogP contribution < -0.4 is 5.32 Å². The summed E-state index contributed by atoms with van der Waals surface area (Å²) in [6.45, 7) is 7.99. The fourth-order valence-corrected chi connectivity index (χ4v) is 2.94. The average molecular weight is 339 g/mol. The molecule has 0 unspecified atom stereocenters. The molecule has 0 spiro atoms. The molecule has 0 saturated heterocycles. The SMILES string of the molecule is Cc1nn(-c2ccccn2)c(C)c1CCNC(=O)c1c(C)noc1C. The monoisotopic (exact) mass is 339 g/mol. The van der Waals surface area contributed by atoms with E-state index >= 15 is 0 Å². The van der Waals surface area contributed by atoms with Crippen molar-refractivity contribution in [3.63, 3.8) is 0 Å². The summed E-state index contributed by atoms with van der Waals surface area (Å²) in [5, 5.41) is 11.3. The lowest BCUT2D eigenvalue weighted by atomic mass is 10.1. The molecule has 3 rings (SSSR count). The molecule has 7 heteroatoms. The minimum absolute atomic E-state index is 0.163. The summed E-state index contributed by atoms with van der Waals surface area (Å²) in [5.41, 5.74) is 4.20. The molecule has 3 heterocycles. The van der Waals surface area contributed by atoms with Gasteiger partial charge in [-0.15, -0.1) is 0 Å². The molecule has 0 aromatic carbocycles. The average Bonchev–Trinajstić information content (AvgIpc) is 3.08. The molecule has 3 aromatic rings. The van der Waals surface area contributed by atoms with Crippen molar-refractivity contribution in [2.75, 3.05) is 6.54 Å². The Morgan fingerprint density at radius 1 is 1.20 bits per heavy atom. The number of aromatic nitrogens is 4. The molecule has 7 nitrogen and oxygen atoms in total. The normalized spacial score (nSPS) is 10.9. The highest BCUT2D eigenvalue weighted by molar-refractivity contribution is 5.96. The number of aryl methyl sites for hydroxylation is 3. The maximum Gasteiger partial charge on any atom is 0.256 e. The summed E-state index contributed by atoms with van der Waals surface area (Å²) in [4.78, 5) is 16.6. The Hall–Kier alpha value is -2.96. The van der Waals surface area contributed by atoms with Crippen LogP contribution in [0.1, 0.15) is 38.8 Å². The van der Waals surface area contributed by atoms with Gasteiger partial charge in [-0.25, -0.2) is 9.67 Å². The third kappa shape index (κ3) is 3.31. The van der Waals surface area contributed by atoms with Crippen molar-refractivity contribution in [1.29, 1.82) is 0 Å². The van der Waals surface area contributed by atoms with E-state index in [1.54, 1.807) is 20.0 Å². The summed E-state index contributed by atoms with van der Waals surface area (Å²) < 4.78 is 6.87. The number of amides is 1. The fourth-order valence-electron chi connectivity index (χ4n) is 2.94. The van der Waals surface area contributed by atoms with Gasteiger partial charge in [0, 0.05) is 18.4 Å². The van der Waals surface area contributed by atoms with Crippen molar-refractivity contribution in [3.8, 4) is 5.82 Å². The predicted molar refractivity (Wildman–Crippen MR) is 92.8 cm³/mol. The minimum Gasteiger partial charge on any atom is -0.361 e. The van der Waals surface area contributed by atoms with Crippen LogP contribution in [0.3, 0.4) is 0 Å². The second-order valence-electron chi connectivity index (χ2n) is 5.95. The zero-order chi connectivity index (χ0) is 18.0. The second-order valence-corrected chi connectivity index (χ2v) is 5.95. The first-order chi connectivity index (χ1) is 12.0. The number of nitrogens with one attached hydrogen (secondary N) is 1. The molecule has 0 radical (unpaired) electrons. The van der Waals surface area contributed by atoms with E-state index in [4.69, 9.17) is 4.52 Å². The molecule has 25 heavy (non-hydrogen) atoms. The van der Waals surface area contributed by atoms with Gasteiger partial charge < -0.3 is 9.84 Å². The van der Waals surface area contributed by atoms with Crippen LogP contribution in [-0.2, 0) is 6.42 Å². The minimum atomic E-state index is -0.163. The highest BCUT2D eigenvalue weighted by atomic mass is 16.5. The molecule has 130 valence electrons. The first-order valence-corrected chi connectivity index (χ1v) is 8.16. The van der Waals surface area contributed by atoms with E-state index in [0.717, 1.165) is 22.8 Å². The van der Waals surface area contributed by atoms with Crippen molar-refractivity contribution in [2.24, 2.45) is 0 Å². The van der Waals surface area contributed by atoms with Crippen LogP contribution in [0.15, 0.2) is 28.9 Å². The summed E-state index contributed by atoms with van der Waals surface area (Å²) in [6, 6.07) is 5.73. The lowest BCUT2D eigenvalue weighted by Crippen LogP contribution is -2.26. The van der Waals surface area contributed by atoms with Gasteiger partial charge >= 0.3 is 0 Å². The van der Waals surface area contributed by atoms with Crippen LogP contribution in [0, 0.1) is 27.7 Å². The first kappa shape index (κ1) is 16.9. The Morgan fingerprint density at radius 3 is 2.64 bits per heavy atom. The van der Waals surface area contributed by atoms with E-state index in [2.05, 4.69) is 20.6 Å². The smallest absolute Gasteiger partial charge is 0.256 e. The number of carbonyl (C=O) groups is 1. The van der Waals surface area contributed by atoms with Crippen molar-refractivity contribution >= 4 is 5.91 Å². The van der Waals surface area contributed by atoms with Gasteiger partial charge in [-0.05, 0) is 51.8 Å². The van der Waals surface area contributed by atoms with Gasteiger partial charge in [0.15, 0.2) is 5.82 Å². The quantitative estimate of drug-likeness (QED) is 0.772. The highest BCUT2D eigenvalue weighted by Gasteiger charge is 2.18. The van der Waals surface area contributed by atoms with Crippen LogP contribution in [0.2, 0.25) is 0 Å². The van der Waals surface area contributed by atoms with Gasteiger partial charge in [0.1, 0.15) is 11.3 Å². The molecule has 0 aliphatic heterocycles. The Labute approximate surface area is 146 Å². The van der Waals surface area contributed by atoms with E-state index in [0.29, 0.717) is 30.0 Å². The van der Waals surface area contributed by atoms with Crippen molar-refractivity contribution in [2.45, 2.75) is 34.1 Å². The van der Waals surface area contributed by atoms with Crippen LogP contribution >= 0.6 is 0 Å². The van der Waals surface area contributed by atoms with Crippen molar-refractivity contribution < 1.29 is 9.32 Å². The van der Waals surface area contributed by atoms with Crippen LogP contribution in [0.4, 0.5) is 0 Å². The van der Waals surface area contributed by atoms with Crippen LogP contribution in [0.25, 0.3) is 5.82 Å². The van der Waals surface area contributed by atoms with Gasteiger partial charge in [0.25, 0.3) is 5.91 Å². The van der Waals surface area contributed by atoms with Gasteiger partial charge in [0.05, 0.1) is 11.4 Å². The Kier molecular flexibility index (Phi) is 4.65. The molecule has 3 aromatic heterocycles. The van der Waals surface area contributed by atoms with Gasteiger partial charge in [-0.2, -0.15) is 5.10 Å². The molecule has 1 amide bonds. The lowest BCUT2D eigenvalue weighted by Gasteiger charge is -2.06. The molecule has 0 aliphatic carbocycles. The molecular weight excluding hydrogens is 318 g/mol. The maximum absolute atomic E-state index is 12.3. The Balaban J connectivity index is 1.70. The standard InChI is InChI=1S/C18H21N5O2/c1-11-15(13(3)23(21-11)16-7-5-6-9-19-16)8-10-20-18(24)17-12(2)22-25-14(17)4/h5-7,9H,8,10H2,1-4H3,(H,20,24). The Morgan fingerprint density at radius 2 is 2.00 bits per heavy atom. The number of nitrogens with zero attached hydrogens (tertiary/aromatic N) is 4. The maximum atomic E-state index is 12.3. The number of hydrogen-bond acceptors (Lipinski definition) is 5. The van der Waals surface area contributed by atoms with E-state index in [-0.39, 0.29) is 5.91 Å². The summed E-state index contributed by atoms with van der Waals surface area (Å²) in [5.74, 6) is 1.16. The van der Waals surface area contributed by atoms with Gasteiger partial charge in [-0.3, -0.25) is 4.79 Å². The van der Waals surface area contributed by atoms with E-state index in [9.17, 15) is 4.79 Å². The fraction of sp³-hybridized carbons (Fsp3) is 0.333. The summed E-state index contributed by atoms with van der Waals surface area (Å²) in [6.07, 6.45) is 2.44. The van der Waals surface area contributed by atoms with E-state index < -0.39 is 0 Å². The third-order valence-electron chi connectivity index (χ3n) is 4.23. The third-order valence-corrected chi connectivity index (χ3v) is 4.23. The zero-order valence-electron chi connectivity index (χ0n) is 14.8. The van der Waals surface area contributed by atoms with E-state index in [1.807, 2.05) is 36.7 Å². The predicted octanol–water partition coefficient (Wildman–Crippen LogP) is 2.46. The number of pyridine rings is 1. The van der Waals surface area contributed by atoms with Gasteiger partial charge in [-0.1, -0.05) is 11.2 Å². The van der Waals surface area contributed by atoms with Crippen molar-refractivity contribution in [3.05, 3.63) is 58.4 Å². The van der Waals surface area contributed by atoms with E-state index in [1.165, 1.54) is 0 Å². The highest BCUT2D eigenvalue weighted by Crippen LogP contribution is 2.17. The molecule has 0 saturated carbocycles. The molecule has 1 N–H and O–H groups in total. The molecular formula is C18H21N5O2. The number of rotatable bonds is 5. The second kappa shape index (κ2) is 6.88. The van der Waals surface area contributed by atoms with Crippen LogP contribution in [-0.4, -0.2) is 32.4 Å².